The lowest BCUT2D eigenvalue weighted by Crippen LogP contribution is -2.31. The molecule has 1 aliphatic rings. The fourth-order valence-electron chi connectivity index (χ4n) is 4.37. The number of fused-ring (bicyclic) bond motifs is 1. The van der Waals surface area contributed by atoms with Gasteiger partial charge in [0.1, 0.15) is 5.82 Å². The first-order chi connectivity index (χ1) is 11.8. The second-order valence-corrected chi connectivity index (χ2v) is 9.00. The van der Waals surface area contributed by atoms with Gasteiger partial charge < -0.3 is 15.9 Å². The number of nitrogen functional groups attached to an aromatic ring is 1. The van der Waals surface area contributed by atoms with Crippen LogP contribution in [0.1, 0.15) is 33.3 Å². The Kier molecular flexibility index (Phi) is 4.36. The lowest BCUT2D eigenvalue weighted by atomic mass is 9.41. The maximum absolute atomic E-state index is 14.5. The summed E-state index contributed by atoms with van der Waals surface area (Å²) < 4.78 is 28.0. The molecule has 26 heavy (non-hydrogen) atoms. The van der Waals surface area contributed by atoms with Gasteiger partial charge in [-0.3, -0.25) is 0 Å². The van der Waals surface area contributed by atoms with E-state index in [-0.39, 0.29) is 23.1 Å². The molecule has 0 amide bonds. The highest BCUT2D eigenvalue weighted by Gasteiger charge is 2.48. The van der Waals surface area contributed by atoms with Gasteiger partial charge in [0.15, 0.2) is 6.71 Å². The van der Waals surface area contributed by atoms with Gasteiger partial charge in [-0.1, -0.05) is 51.9 Å². The molecule has 0 saturated carbocycles. The molecular weight excluding hydrogens is 335 g/mol. The van der Waals surface area contributed by atoms with Crippen LogP contribution in [0.4, 0.5) is 14.5 Å². The van der Waals surface area contributed by atoms with Gasteiger partial charge in [-0.05, 0) is 39.8 Å². The molecule has 6 heteroatoms. The second-order valence-electron chi connectivity index (χ2n) is 9.00. The number of aliphatic hydroxyl groups is 2. The van der Waals surface area contributed by atoms with Crippen LogP contribution in [0, 0.1) is 16.6 Å². The summed E-state index contributed by atoms with van der Waals surface area (Å²) in [5, 5.41) is 19.7. The Balaban J connectivity index is 2.24. The average molecular weight is 361 g/mol. The third-order valence-corrected chi connectivity index (χ3v) is 6.41. The largest absolute Gasteiger partial charge is 0.399 e. The molecule has 2 aromatic carbocycles. The number of halogens is 2. The van der Waals surface area contributed by atoms with E-state index in [9.17, 15) is 19.0 Å². The molecule has 0 unspecified atom stereocenters. The highest BCUT2D eigenvalue weighted by molar-refractivity contribution is 6.76. The number of rotatable bonds is 3. The summed E-state index contributed by atoms with van der Waals surface area (Å²) in [5.74, 6) is -0.648. The number of benzene rings is 2. The van der Waals surface area contributed by atoms with E-state index in [1.165, 1.54) is 6.07 Å². The van der Waals surface area contributed by atoms with E-state index in [2.05, 4.69) is 27.7 Å². The molecule has 1 fully saturated rings. The van der Waals surface area contributed by atoms with Crippen molar-refractivity contribution in [3.05, 3.63) is 35.6 Å². The van der Waals surface area contributed by atoms with Crippen LogP contribution in [-0.2, 0) is 6.42 Å². The average Bonchev–Trinajstić information content (AvgIpc) is 2.68. The van der Waals surface area contributed by atoms with Gasteiger partial charge in [-0.25, -0.2) is 4.39 Å². The Morgan fingerprint density at radius 3 is 2.23 bits per heavy atom. The third kappa shape index (κ3) is 3.32. The summed E-state index contributed by atoms with van der Waals surface area (Å²) in [5.41, 5.74) is 7.64. The van der Waals surface area contributed by atoms with Crippen LogP contribution >= 0.6 is 0 Å². The molecule has 1 heterocycles. The Morgan fingerprint density at radius 2 is 1.69 bits per heavy atom. The minimum atomic E-state index is -3.47. The maximum Gasteiger partial charge on any atom is 0.319 e. The highest BCUT2D eigenvalue weighted by atomic mass is 19.2. The van der Waals surface area contributed by atoms with Crippen LogP contribution in [0.15, 0.2) is 24.3 Å². The van der Waals surface area contributed by atoms with Crippen molar-refractivity contribution in [2.45, 2.75) is 52.8 Å². The Hall–Kier alpha value is -1.66. The van der Waals surface area contributed by atoms with Gasteiger partial charge >= 0.3 is 6.04 Å². The number of hydrogen-bond donors (Lipinski definition) is 3. The van der Waals surface area contributed by atoms with Crippen LogP contribution < -0.4 is 11.2 Å². The number of nitrogens with two attached hydrogens (primary N) is 1. The quantitative estimate of drug-likeness (QED) is 0.446. The van der Waals surface area contributed by atoms with Crippen LogP contribution in [0.5, 0.6) is 0 Å². The van der Waals surface area contributed by atoms with Crippen LogP contribution in [0.3, 0.4) is 0 Å². The van der Waals surface area contributed by atoms with Gasteiger partial charge in [0.2, 0.25) is 0 Å². The third-order valence-electron chi connectivity index (χ3n) is 6.41. The normalized spacial score (nSPS) is 19.3. The predicted molar refractivity (Wildman–Crippen MR) is 103 cm³/mol. The Morgan fingerprint density at radius 1 is 1.12 bits per heavy atom. The van der Waals surface area contributed by atoms with E-state index in [1.807, 2.05) is 6.07 Å². The Labute approximate surface area is 153 Å². The van der Waals surface area contributed by atoms with Gasteiger partial charge in [0.05, 0.1) is 6.42 Å². The van der Waals surface area contributed by atoms with E-state index in [1.54, 1.807) is 12.1 Å². The molecule has 2 aromatic rings. The second kappa shape index (κ2) is 5.93. The molecule has 1 saturated heterocycles. The topological polar surface area (TPSA) is 66.5 Å². The fraction of sp³-hybridized carbons (Fsp3) is 0.500. The molecule has 0 bridgehead atoms. The van der Waals surface area contributed by atoms with E-state index in [0.29, 0.717) is 16.5 Å². The monoisotopic (exact) mass is 361 g/mol. The summed E-state index contributed by atoms with van der Waals surface area (Å²) >= 11 is 0. The van der Waals surface area contributed by atoms with Gasteiger partial charge in [0.25, 0.3) is 0 Å². The molecule has 1 aliphatic heterocycles. The van der Waals surface area contributed by atoms with Crippen molar-refractivity contribution in [2.24, 2.45) is 10.8 Å². The van der Waals surface area contributed by atoms with Crippen molar-refractivity contribution in [1.29, 1.82) is 0 Å². The zero-order valence-corrected chi connectivity index (χ0v) is 15.7. The minimum Gasteiger partial charge on any atom is -0.399 e. The van der Waals surface area contributed by atoms with E-state index >= 15 is 0 Å². The van der Waals surface area contributed by atoms with Crippen molar-refractivity contribution >= 4 is 28.6 Å². The lowest BCUT2D eigenvalue weighted by molar-refractivity contribution is -0.256. The molecule has 3 rings (SSSR count). The van der Waals surface area contributed by atoms with Crippen LogP contribution in [-0.4, -0.2) is 23.0 Å². The first-order valence-corrected chi connectivity index (χ1v) is 8.95. The first-order valence-electron chi connectivity index (χ1n) is 8.95. The van der Waals surface area contributed by atoms with E-state index in [4.69, 9.17) is 5.73 Å². The lowest BCUT2D eigenvalue weighted by Gasteiger charge is -2.35. The summed E-state index contributed by atoms with van der Waals surface area (Å²) in [4.78, 5) is 0. The molecular formula is C20H26BF2NO2. The van der Waals surface area contributed by atoms with Crippen molar-refractivity contribution in [1.82, 2.24) is 0 Å². The zero-order valence-electron chi connectivity index (χ0n) is 15.7. The molecule has 140 valence electrons. The van der Waals surface area contributed by atoms with Crippen molar-refractivity contribution in [3.63, 3.8) is 0 Å². The summed E-state index contributed by atoms with van der Waals surface area (Å²) in [6, 6.07) is 2.88. The Bertz CT molecular complexity index is 843. The molecule has 0 aromatic heterocycles. The van der Waals surface area contributed by atoms with Gasteiger partial charge in [-0.2, -0.15) is 4.39 Å². The molecule has 0 atom stereocenters. The van der Waals surface area contributed by atoms with Gasteiger partial charge in [0, 0.05) is 11.3 Å². The number of alkyl halides is 1. The molecule has 4 N–H and O–H groups in total. The number of anilines is 1. The molecule has 3 nitrogen and oxygen atoms in total. The standard InChI is InChI=1S/C20H26BF2NO2/c1-18(2)10-21(11-19(18,3)4)15-8-13(24)7-12-5-6-16(22)14(17(12)15)9-20(23,25)26/h5-8,25-26H,9-11,24H2,1-4H3. The smallest absolute Gasteiger partial charge is 0.319 e. The number of hydrogen-bond acceptors (Lipinski definition) is 3. The van der Waals surface area contributed by atoms with E-state index in [0.717, 1.165) is 18.1 Å². The first kappa shape index (κ1) is 19.1. The predicted octanol–water partition coefficient (Wildman–Crippen LogP) is 3.48. The molecule has 0 spiro atoms. The SMILES string of the molecule is CC1(C)CB(c2cc(N)cc3ccc(F)c(CC(O)(O)F)c23)CC1(C)C. The summed E-state index contributed by atoms with van der Waals surface area (Å²) in [6.07, 6.45) is 0.966. The molecule has 0 aliphatic carbocycles. The summed E-state index contributed by atoms with van der Waals surface area (Å²) in [6.45, 7) is 9.01. The molecule has 0 radical (unpaired) electrons. The van der Waals surface area contributed by atoms with Crippen molar-refractivity contribution in [2.75, 3.05) is 5.73 Å². The van der Waals surface area contributed by atoms with E-state index < -0.39 is 18.3 Å². The van der Waals surface area contributed by atoms with Crippen LogP contribution in [0.2, 0.25) is 12.6 Å². The zero-order chi connectivity index (χ0) is 19.5. The van der Waals surface area contributed by atoms with Crippen molar-refractivity contribution in [3.8, 4) is 0 Å². The summed E-state index contributed by atoms with van der Waals surface area (Å²) in [7, 11) is 0. The minimum absolute atomic E-state index is 0.0208. The maximum atomic E-state index is 14.5. The fourth-order valence-corrected chi connectivity index (χ4v) is 4.37. The van der Waals surface area contributed by atoms with Gasteiger partial charge in [-0.15, -0.1) is 0 Å². The van der Waals surface area contributed by atoms with Crippen LogP contribution in [0.25, 0.3) is 10.8 Å². The highest BCUT2D eigenvalue weighted by Crippen LogP contribution is 2.53. The van der Waals surface area contributed by atoms with Crippen molar-refractivity contribution < 1.29 is 19.0 Å².